The molecule has 17 heavy (non-hydrogen) atoms. The summed E-state index contributed by atoms with van der Waals surface area (Å²) in [4.78, 5) is 13.6. The second kappa shape index (κ2) is 4.44. The molecule has 2 unspecified atom stereocenters. The Bertz CT molecular complexity index is 620. The molecule has 0 spiro atoms. The Hall–Kier alpha value is -2.06. The Balaban J connectivity index is 2.42. The number of benzene rings is 1. The number of aromatic nitrogens is 1. The number of nitrogens with zero attached hydrogens (tertiary/aromatic N) is 1. The van der Waals surface area contributed by atoms with E-state index < -0.39 is 5.76 Å². The Labute approximate surface area is 97.8 Å². The zero-order valence-corrected chi connectivity index (χ0v) is 9.43. The fraction of sp³-hybridized carbons (Fsp3) is 0.333. The average molecular weight is 231 g/mol. The molecule has 0 radical (unpaired) electrons. The maximum absolute atomic E-state index is 11.0. The Morgan fingerprint density at radius 3 is 3.00 bits per heavy atom. The van der Waals surface area contributed by atoms with Crippen molar-refractivity contribution in [3.63, 3.8) is 0 Å². The number of H-pyrrole nitrogens is 1. The topological polar surface area (TPSA) is 95.8 Å². The van der Waals surface area contributed by atoms with Crippen molar-refractivity contribution in [3.8, 4) is 6.07 Å². The van der Waals surface area contributed by atoms with Crippen LogP contribution < -0.4 is 11.5 Å². The molecule has 2 atom stereocenters. The van der Waals surface area contributed by atoms with Crippen LogP contribution in [0, 0.1) is 17.2 Å². The van der Waals surface area contributed by atoms with Gasteiger partial charge in [-0.25, -0.2) is 4.79 Å². The third-order valence-electron chi connectivity index (χ3n) is 2.87. The van der Waals surface area contributed by atoms with Crippen molar-refractivity contribution in [1.82, 2.24) is 4.98 Å². The van der Waals surface area contributed by atoms with Crippen LogP contribution in [-0.4, -0.2) is 4.98 Å². The van der Waals surface area contributed by atoms with E-state index in [1.165, 1.54) is 0 Å². The van der Waals surface area contributed by atoms with Crippen LogP contribution in [0.4, 0.5) is 0 Å². The summed E-state index contributed by atoms with van der Waals surface area (Å²) in [6, 6.07) is 7.06. The third-order valence-corrected chi connectivity index (χ3v) is 2.87. The van der Waals surface area contributed by atoms with Crippen LogP contribution >= 0.6 is 0 Å². The molecule has 0 aliphatic rings. The standard InChI is InChI=1S/C12H13N3O2/c1-2-7(6-13)11(14)8-3-4-9-10(5-8)17-12(16)15-9/h3-5,7,11H,2,14H2,1H3,(H,15,16). The molecule has 5 nitrogen and oxygen atoms in total. The number of fused-ring (bicyclic) bond motifs is 1. The fourth-order valence-electron chi connectivity index (χ4n) is 1.83. The van der Waals surface area contributed by atoms with Crippen LogP contribution in [0.25, 0.3) is 11.1 Å². The summed E-state index contributed by atoms with van der Waals surface area (Å²) in [6.45, 7) is 1.92. The molecule has 1 heterocycles. The summed E-state index contributed by atoms with van der Waals surface area (Å²) in [5, 5.41) is 8.97. The van der Waals surface area contributed by atoms with Crippen LogP contribution in [0.3, 0.4) is 0 Å². The predicted octanol–water partition coefficient (Wildman–Crippen LogP) is 1.67. The lowest BCUT2D eigenvalue weighted by Crippen LogP contribution is -2.19. The van der Waals surface area contributed by atoms with E-state index in [2.05, 4.69) is 11.1 Å². The number of hydrogen-bond acceptors (Lipinski definition) is 4. The highest BCUT2D eigenvalue weighted by Crippen LogP contribution is 2.24. The molecule has 0 aliphatic heterocycles. The van der Waals surface area contributed by atoms with Gasteiger partial charge in [0, 0.05) is 6.04 Å². The largest absolute Gasteiger partial charge is 0.417 e. The summed E-state index contributed by atoms with van der Waals surface area (Å²) < 4.78 is 4.96. The lowest BCUT2D eigenvalue weighted by molar-refractivity contribution is 0.515. The van der Waals surface area contributed by atoms with Crippen LogP contribution in [0.1, 0.15) is 24.9 Å². The normalized spacial score (nSPS) is 14.4. The molecule has 1 aromatic heterocycles. The van der Waals surface area contributed by atoms with Gasteiger partial charge in [0.1, 0.15) is 0 Å². The minimum Gasteiger partial charge on any atom is -0.408 e. The van der Waals surface area contributed by atoms with Crippen LogP contribution in [0.15, 0.2) is 27.4 Å². The maximum atomic E-state index is 11.0. The Morgan fingerprint density at radius 1 is 1.59 bits per heavy atom. The summed E-state index contributed by atoms with van der Waals surface area (Å²) in [5.74, 6) is -0.726. The highest BCUT2D eigenvalue weighted by molar-refractivity contribution is 5.72. The van der Waals surface area contributed by atoms with Gasteiger partial charge in [0.2, 0.25) is 0 Å². The molecule has 0 fully saturated rings. The van der Waals surface area contributed by atoms with Crippen molar-refractivity contribution >= 4 is 11.1 Å². The Kier molecular flexibility index (Phi) is 2.98. The van der Waals surface area contributed by atoms with Crippen molar-refractivity contribution in [1.29, 1.82) is 5.26 Å². The minimum absolute atomic E-state index is 0.238. The molecular weight excluding hydrogens is 218 g/mol. The molecule has 2 rings (SSSR count). The molecule has 2 aromatic rings. The molecule has 0 aliphatic carbocycles. The lowest BCUT2D eigenvalue weighted by Gasteiger charge is -2.15. The first kappa shape index (κ1) is 11.4. The first-order valence-corrected chi connectivity index (χ1v) is 5.43. The van der Waals surface area contributed by atoms with Gasteiger partial charge in [-0.15, -0.1) is 0 Å². The van der Waals surface area contributed by atoms with E-state index in [1.54, 1.807) is 18.2 Å². The van der Waals surface area contributed by atoms with E-state index in [4.69, 9.17) is 15.4 Å². The number of aromatic amines is 1. The zero-order chi connectivity index (χ0) is 12.4. The second-order valence-electron chi connectivity index (χ2n) is 3.94. The van der Waals surface area contributed by atoms with Gasteiger partial charge in [0.25, 0.3) is 0 Å². The van der Waals surface area contributed by atoms with Crippen molar-refractivity contribution in [2.75, 3.05) is 0 Å². The van der Waals surface area contributed by atoms with Gasteiger partial charge in [-0.1, -0.05) is 13.0 Å². The van der Waals surface area contributed by atoms with Crippen LogP contribution in [-0.2, 0) is 0 Å². The maximum Gasteiger partial charge on any atom is 0.417 e. The number of nitrogens with one attached hydrogen (secondary N) is 1. The molecule has 0 amide bonds. The monoisotopic (exact) mass is 231 g/mol. The highest BCUT2D eigenvalue weighted by atomic mass is 16.4. The fourth-order valence-corrected chi connectivity index (χ4v) is 1.83. The third kappa shape index (κ3) is 2.08. The quantitative estimate of drug-likeness (QED) is 0.839. The number of rotatable bonds is 3. The molecule has 3 N–H and O–H groups in total. The van der Waals surface area contributed by atoms with Crippen molar-refractivity contribution < 1.29 is 4.42 Å². The number of nitriles is 1. The van der Waals surface area contributed by atoms with Gasteiger partial charge in [-0.05, 0) is 24.1 Å². The van der Waals surface area contributed by atoms with Gasteiger partial charge < -0.3 is 10.2 Å². The lowest BCUT2D eigenvalue weighted by atomic mass is 9.93. The minimum atomic E-state index is -0.488. The van der Waals surface area contributed by atoms with Gasteiger partial charge >= 0.3 is 5.76 Å². The Morgan fingerprint density at radius 2 is 2.35 bits per heavy atom. The van der Waals surface area contributed by atoms with Crippen LogP contribution in [0.2, 0.25) is 0 Å². The molecule has 0 saturated heterocycles. The van der Waals surface area contributed by atoms with E-state index in [0.717, 1.165) is 5.56 Å². The van der Waals surface area contributed by atoms with E-state index in [-0.39, 0.29) is 12.0 Å². The van der Waals surface area contributed by atoms with Gasteiger partial charge in [0.15, 0.2) is 5.58 Å². The van der Waals surface area contributed by atoms with E-state index in [1.807, 2.05) is 6.92 Å². The predicted molar refractivity (Wildman–Crippen MR) is 63.2 cm³/mol. The van der Waals surface area contributed by atoms with E-state index in [0.29, 0.717) is 17.5 Å². The number of nitrogens with two attached hydrogens (primary N) is 1. The van der Waals surface area contributed by atoms with Crippen molar-refractivity contribution in [3.05, 3.63) is 34.3 Å². The van der Waals surface area contributed by atoms with Crippen molar-refractivity contribution in [2.45, 2.75) is 19.4 Å². The average Bonchev–Trinajstić information content (AvgIpc) is 2.69. The SMILES string of the molecule is CCC(C#N)C(N)c1ccc2[nH]c(=O)oc2c1. The molecule has 88 valence electrons. The van der Waals surface area contributed by atoms with Crippen molar-refractivity contribution in [2.24, 2.45) is 11.7 Å². The number of hydrogen-bond donors (Lipinski definition) is 2. The smallest absolute Gasteiger partial charge is 0.408 e. The van der Waals surface area contributed by atoms with Gasteiger partial charge in [-0.2, -0.15) is 5.26 Å². The summed E-state index contributed by atoms with van der Waals surface area (Å²) >= 11 is 0. The first-order chi connectivity index (χ1) is 8.15. The second-order valence-corrected chi connectivity index (χ2v) is 3.94. The van der Waals surface area contributed by atoms with Gasteiger partial charge in [0.05, 0.1) is 17.5 Å². The molecule has 1 aromatic carbocycles. The highest BCUT2D eigenvalue weighted by Gasteiger charge is 2.18. The molecule has 0 saturated carbocycles. The first-order valence-electron chi connectivity index (χ1n) is 5.43. The zero-order valence-electron chi connectivity index (χ0n) is 9.43. The van der Waals surface area contributed by atoms with E-state index >= 15 is 0 Å². The number of oxazole rings is 1. The summed E-state index contributed by atoms with van der Waals surface area (Å²) in [7, 11) is 0. The molecule has 0 bridgehead atoms. The van der Waals surface area contributed by atoms with Gasteiger partial charge in [-0.3, -0.25) is 4.98 Å². The molecule has 5 heteroatoms. The summed E-state index contributed by atoms with van der Waals surface area (Å²) in [5.41, 5.74) is 7.91. The molecular formula is C12H13N3O2. The van der Waals surface area contributed by atoms with Crippen LogP contribution in [0.5, 0.6) is 0 Å². The summed E-state index contributed by atoms with van der Waals surface area (Å²) in [6.07, 6.45) is 0.687. The van der Waals surface area contributed by atoms with E-state index in [9.17, 15) is 4.79 Å².